The summed E-state index contributed by atoms with van der Waals surface area (Å²) in [7, 11) is -1.88. The molecule has 0 bridgehead atoms. The van der Waals surface area contributed by atoms with Crippen molar-refractivity contribution in [1.82, 2.24) is 0 Å². The van der Waals surface area contributed by atoms with E-state index in [1.54, 1.807) is 0 Å². The van der Waals surface area contributed by atoms with Crippen molar-refractivity contribution in [2.45, 2.75) is 45.1 Å². The molecule has 0 aromatic heterocycles. The zero-order valence-corrected chi connectivity index (χ0v) is 14.0. The fraction of sp³-hybridized carbons (Fsp3) is 0.818. The molecule has 0 radical (unpaired) electrons. The van der Waals surface area contributed by atoms with Gasteiger partial charge in [0, 0.05) is 6.42 Å². The van der Waals surface area contributed by atoms with E-state index in [0.717, 1.165) is 12.8 Å². The molecule has 0 aliphatic heterocycles. The molecule has 6 nitrogen and oxygen atoms in total. The lowest BCUT2D eigenvalue weighted by Gasteiger charge is -2.15. The van der Waals surface area contributed by atoms with E-state index >= 15 is 0 Å². The second kappa shape index (κ2) is 9.51. The van der Waals surface area contributed by atoms with E-state index in [9.17, 15) is 18.0 Å². The van der Waals surface area contributed by atoms with Crippen LogP contribution in [-0.4, -0.2) is 39.3 Å². The predicted octanol–water partition coefficient (Wildman–Crippen LogP) is 1.81. The smallest absolute Gasteiger partial charge is 0.347 e. The number of methoxy groups -OCH3 is 1. The van der Waals surface area contributed by atoms with E-state index in [4.69, 9.17) is 4.74 Å². The third-order valence-corrected chi connectivity index (χ3v) is 4.42. The van der Waals surface area contributed by atoms with Gasteiger partial charge in [-0.05, 0) is 19.3 Å². The second-order valence-electron chi connectivity index (χ2n) is 3.99. The van der Waals surface area contributed by atoms with Crippen molar-refractivity contribution in [3.05, 3.63) is 0 Å². The number of unbranched alkanes of at least 4 members (excludes halogenated alkanes) is 1. The molecule has 19 heavy (non-hydrogen) atoms. The maximum Gasteiger partial charge on any atom is 0.347 e. The van der Waals surface area contributed by atoms with Gasteiger partial charge in [-0.3, -0.25) is 4.79 Å². The molecule has 0 N–H and O–H groups in total. The van der Waals surface area contributed by atoms with Crippen LogP contribution in [-0.2, 0) is 26.1 Å². The molecule has 0 aromatic rings. The molecule has 0 heterocycles. The molecule has 0 saturated heterocycles. The minimum atomic E-state index is -3.11. The Morgan fingerprint density at radius 3 is 2.37 bits per heavy atom. The third-order valence-electron chi connectivity index (χ3n) is 2.33. The number of hydrogen-bond acceptors (Lipinski definition) is 6. The van der Waals surface area contributed by atoms with Gasteiger partial charge in [0.2, 0.25) is 7.01 Å². The zero-order valence-electron chi connectivity index (χ0n) is 11.1. The summed E-state index contributed by atoms with van der Waals surface area (Å²) in [5.74, 6) is -1.24. The molecule has 0 aliphatic carbocycles. The van der Waals surface area contributed by atoms with Crippen LogP contribution in [0.4, 0.5) is 0 Å². The highest BCUT2D eigenvalue weighted by atomic mass is 127. The third kappa shape index (κ3) is 10.1. The van der Waals surface area contributed by atoms with Gasteiger partial charge in [-0.15, -0.1) is 0 Å². The molecule has 0 amide bonds. The molecule has 0 fully saturated rings. The van der Waals surface area contributed by atoms with Crippen molar-refractivity contribution in [3.63, 3.8) is 0 Å². The number of carbonyl (C=O) groups excluding carboxylic acids is 2. The molecular weight excluding hydrogens is 387 g/mol. The van der Waals surface area contributed by atoms with Gasteiger partial charge >= 0.3 is 11.9 Å². The molecule has 1 unspecified atom stereocenters. The van der Waals surface area contributed by atoms with Crippen LogP contribution in [0.3, 0.4) is 0 Å². The van der Waals surface area contributed by atoms with E-state index in [1.165, 1.54) is 28.3 Å². The Bertz CT molecular complexity index is 392. The van der Waals surface area contributed by atoms with E-state index < -0.39 is 25.1 Å². The highest BCUT2D eigenvalue weighted by Crippen LogP contribution is 2.10. The van der Waals surface area contributed by atoms with Crippen molar-refractivity contribution < 1.29 is 27.5 Å². The van der Waals surface area contributed by atoms with Crippen molar-refractivity contribution in [3.8, 4) is 0 Å². The second-order valence-corrected chi connectivity index (χ2v) is 9.50. The number of hydrogen-bond donors (Lipinski definition) is 0. The first-order valence-electron chi connectivity index (χ1n) is 5.99. The van der Waals surface area contributed by atoms with Crippen LogP contribution in [0.2, 0.25) is 0 Å². The van der Waals surface area contributed by atoms with Gasteiger partial charge in [0.15, 0.2) is 6.10 Å². The summed E-state index contributed by atoms with van der Waals surface area (Å²) < 4.78 is 31.3. The van der Waals surface area contributed by atoms with Crippen LogP contribution in [0.5, 0.6) is 0 Å². The largest absolute Gasteiger partial charge is 0.466 e. The summed E-state index contributed by atoms with van der Waals surface area (Å²) in [6, 6.07) is 0. The van der Waals surface area contributed by atoms with Crippen LogP contribution in [0, 0.1) is 0 Å². The highest BCUT2D eigenvalue weighted by molar-refractivity contribution is 14.2. The van der Waals surface area contributed by atoms with E-state index in [1.807, 2.05) is 6.92 Å². The standard InChI is InChI=1S/C11H19IO6S/c1-3-4-6-9(11(14)17-2)18-10(13)7-5-8-19(12,15)16/h9H,3-8H2,1-2H3. The van der Waals surface area contributed by atoms with Crippen LogP contribution < -0.4 is 0 Å². The summed E-state index contributed by atoms with van der Waals surface area (Å²) in [4.78, 5) is 22.9. The first-order chi connectivity index (χ1) is 8.80. The van der Waals surface area contributed by atoms with Gasteiger partial charge in [0.25, 0.3) is 0 Å². The Kier molecular flexibility index (Phi) is 9.32. The first-order valence-corrected chi connectivity index (χ1v) is 10.2. The van der Waals surface area contributed by atoms with Crippen molar-refractivity contribution >= 4 is 40.2 Å². The molecule has 1 atom stereocenters. The van der Waals surface area contributed by atoms with Gasteiger partial charge < -0.3 is 9.47 Å². The maximum absolute atomic E-state index is 11.5. The molecule has 0 aliphatic rings. The summed E-state index contributed by atoms with van der Waals surface area (Å²) >= 11 is 1.33. The Labute approximate surface area is 125 Å². The van der Waals surface area contributed by atoms with Crippen molar-refractivity contribution in [2.75, 3.05) is 12.9 Å². The Balaban J connectivity index is 4.19. The molecule has 0 spiro atoms. The Morgan fingerprint density at radius 1 is 1.26 bits per heavy atom. The van der Waals surface area contributed by atoms with Gasteiger partial charge in [-0.1, -0.05) is 13.3 Å². The fourth-order valence-electron chi connectivity index (χ4n) is 1.35. The molecule has 0 aromatic carbocycles. The molecule has 0 rings (SSSR count). The zero-order chi connectivity index (χ0) is 14.9. The number of carbonyl (C=O) groups is 2. The average molecular weight is 406 g/mol. The highest BCUT2D eigenvalue weighted by Gasteiger charge is 2.23. The molecule has 8 heteroatoms. The van der Waals surface area contributed by atoms with E-state index in [0.29, 0.717) is 6.42 Å². The van der Waals surface area contributed by atoms with Gasteiger partial charge in [0.05, 0.1) is 34.1 Å². The topological polar surface area (TPSA) is 86.7 Å². The van der Waals surface area contributed by atoms with Gasteiger partial charge in [-0.25, -0.2) is 13.2 Å². The number of halogens is 1. The quantitative estimate of drug-likeness (QED) is 0.330. The SMILES string of the molecule is CCCCC(OC(=O)CCCS(=O)(=O)I)C(=O)OC. The van der Waals surface area contributed by atoms with Crippen LogP contribution in [0.15, 0.2) is 0 Å². The lowest BCUT2D eigenvalue weighted by Crippen LogP contribution is -2.28. The maximum atomic E-state index is 11.5. The molecule has 112 valence electrons. The van der Waals surface area contributed by atoms with Crippen molar-refractivity contribution in [2.24, 2.45) is 0 Å². The number of ether oxygens (including phenoxy) is 2. The van der Waals surface area contributed by atoms with E-state index in [2.05, 4.69) is 4.74 Å². The van der Waals surface area contributed by atoms with Crippen LogP contribution in [0.1, 0.15) is 39.0 Å². The average Bonchev–Trinajstić information content (AvgIpc) is 2.31. The summed E-state index contributed by atoms with van der Waals surface area (Å²) in [5, 5.41) is 0. The van der Waals surface area contributed by atoms with Crippen LogP contribution >= 0.6 is 21.2 Å². The van der Waals surface area contributed by atoms with Gasteiger partial charge in [0.1, 0.15) is 0 Å². The van der Waals surface area contributed by atoms with Crippen molar-refractivity contribution in [1.29, 1.82) is 0 Å². The lowest BCUT2D eigenvalue weighted by molar-refractivity contribution is -0.166. The minimum Gasteiger partial charge on any atom is -0.466 e. The normalized spacial score (nSPS) is 12.8. The van der Waals surface area contributed by atoms with Gasteiger partial charge in [-0.2, -0.15) is 0 Å². The molecular formula is C11H19IO6S. The Hall–Kier alpha value is -0.380. The summed E-state index contributed by atoms with van der Waals surface area (Å²) in [6.07, 6.45) is 1.30. The Morgan fingerprint density at radius 2 is 1.89 bits per heavy atom. The number of esters is 2. The lowest BCUT2D eigenvalue weighted by atomic mass is 10.1. The fourth-order valence-corrected chi connectivity index (χ4v) is 2.78. The monoisotopic (exact) mass is 406 g/mol. The van der Waals surface area contributed by atoms with Crippen LogP contribution in [0.25, 0.3) is 0 Å². The minimum absolute atomic E-state index is 0.0259. The summed E-state index contributed by atoms with van der Waals surface area (Å²) in [5.41, 5.74) is 0. The predicted molar refractivity (Wildman–Crippen MR) is 78.5 cm³/mol. The summed E-state index contributed by atoms with van der Waals surface area (Å²) in [6.45, 7) is 1.96. The van der Waals surface area contributed by atoms with E-state index in [-0.39, 0.29) is 18.6 Å². The first kappa shape index (κ1) is 18.6. The molecule has 0 saturated carbocycles. The number of rotatable bonds is 9.